The Morgan fingerprint density at radius 3 is 2.40 bits per heavy atom. The first-order valence-electron chi connectivity index (χ1n) is 8.09. The SMILES string of the molecule is CCc1ccc(Nc2ncc(C(=O)NCc3cccnc3)cn2)cc1. The van der Waals surface area contributed by atoms with Crippen molar-refractivity contribution in [3.63, 3.8) is 0 Å². The lowest BCUT2D eigenvalue weighted by Crippen LogP contribution is -2.23. The summed E-state index contributed by atoms with van der Waals surface area (Å²) in [7, 11) is 0. The van der Waals surface area contributed by atoms with Crippen molar-refractivity contribution in [3.8, 4) is 0 Å². The average molecular weight is 333 g/mol. The molecule has 1 amide bonds. The van der Waals surface area contributed by atoms with E-state index < -0.39 is 0 Å². The van der Waals surface area contributed by atoms with Crippen LogP contribution in [0.15, 0.2) is 61.2 Å². The van der Waals surface area contributed by atoms with Crippen LogP contribution in [-0.4, -0.2) is 20.9 Å². The Morgan fingerprint density at radius 2 is 1.76 bits per heavy atom. The minimum atomic E-state index is -0.220. The van der Waals surface area contributed by atoms with E-state index in [0.29, 0.717) is 18.1 Å². The average Bonchev–Trinajstić information content (AvgIpc) is 2.68. The quantitative estimate of drug-likeness (QED) is 0.724. The van der Waals surface area contributed by atoms with Gasteiger partial charge in [-0.05, 0) is 35.7 Å². The first-order chi connectivity index (χ1) is 12.2. The summed E-state index contributed by atoms with van der Waals surface area (Å²) in [6.07, 6.45) is 7.43. The van der Waals surface area contributed by atoms with Crippen molar-refractivity contribution in [1.29, 1.82) is 0 Å². The summed E-state index contributed by atoms with van der Waals surface area (Å²) in [6.45, 7) is 2.53. The molecule has 0 spiro atoms. The number of pyridine rings is 1. The molecule has 25 heavy (non-hydrogen) atoms. The van der Waals surface area contributed by atoms with Gasteiger partial charge in [0.15, 0.2) is 0 Å². The molecule has 0 unspecified atom stereocenters. The minimum Gasteiger partial charge on any atom is -0.348 e. The van der Waals surface area contributed by atoms with Crippen LogP contribution in [0.4, 0.5) is 11.6 Å². The van der Waals surface area contributed by atoms with E-state index in [2.05, 4.69) is 44.6 Å². The highest BCUT2D eigenvalue weighted by molar-refractivity contribution is 5.93. The summed E-state index contributed by atoms with van der Waals surface area (Å²) in [4.78, 5) is 24.5. The van der Waals surface area contributed by atoms with E-state index in [4.69, 9.17) is 0 Å². The molecule has 0 bridgehead atoms. The van der Waals surface area contributed by atoms with Gasteiger partial charge in [-0.15, -0.1) is 0 Å². The Balaban J connectivity index is 1.58. The molecule has 0 aliphatic carbocycles. The largest absolute Gasteiger partial charge is 0.348 e. The molecule has 0 aliphatic rings. The van der Waals surface area contributed by atoms with E-state index in [1.54, 1.807) is 12.4 Å². The Kier molecular flexibility index (Phi) is 5.31. The van der Waals surface area contributed by atoms with E-state index in [1.165, 1.54) is 18.0 Å². The van der Waals surface area contributed by atoms with Gasteiger partial charge in [-0.1, -0.05) is 25.1 Å². The normalized spacial score (nSPS) is 10.3. The van der Waals surface area contributed by atoms with Gasteiger partial charge >= 0.3 is 0 Å². The molecule has 0 aliphatic heterocycles. The molecule has 0 atom stereocenters. The van der Waals surface area contributed by atoms with E-state index in [1.807, 2.05) is 24.3 Å². The van der Waals surface area contributed by atoms with Gasteiger partial charge in [0.25, 0.3) is 5.91 Å². The van der Waals surface area contributed by atoms with Crippen LogP contribution in [-0.2, 0) is 13.0 Å². The fourth-order valence-electron chi connectivity index (χ4n) is 2.25. The van der Waals surface area contributed by atoms with Gasteiger partial charge in [0.1, 0.15) is 0 Å². The Morgan fingerprint density at radius 1 is 1.00 bits per heavy atom. The lowest BCUT2D eigenvalue weighted by Gasteiger charge is -2.07. The highest BCUT2D eigenvalue weighted by atomic mass is 16.1. The lowest BCUT2D eigenvalue weighted by atomic mass is 10.1. The summed E-state index contributed by atoms with van der Waals surface area (Å²) in [5.41, 5.74) is 3.53. The van der Waals surface area contributed by atoms with Gasteiger partial charge in [-0.3, -0.25) is 9.78 Å². The topological polar surface area (TPSA) is 79.8 Å². The Hall–Kier alpha value is -3.28. The molecule has 0 fully saturated rings. The lowest BCUT2D eigenvalue weighted by molar-refractivity contribution is 0.0950. The van der Waals surface area contributed by atoms with Crippen molar-refractivity contribution < 1.29 is 4.79 Å². The third-order valence-electron chi connectivity index (χ3n) is 3.71. The number of hydrogen-bond acceptors (Lipinski definition) is 5. The van der Waals surface area contributed by atoms with Gasteiger partial charge in [0.2, 0.25) is 5.95 Å². The summed E-state index contributed by atoms with van der Waals surface area (Å²) in [5.74, 6) is 0.232. The number of rotatable bonds is 6. The summed E-state index contributed by atoms with van der Waals surface area (Å²) < 4.78 is 0. The predicted molar refractivity (Wildman–Crippen MR) is 96.5 cm³/mol. The third kappa shape index (κ3) is 4.60. The van der Waals surface area contributed by atoms with Gasteiger partial charge < -0.3 is 10.6 Å². The molecule has 0 saturated carbocycles. The molecular formula is C19H19N5O. The van der Waals surface area contributed by atoms with Crippen molar-refractivity contribution in [1.82, 2.24) is 20.3 Å². The number of nitrogens with one attached hydrogen (secondary N) is 2. The molecule has 3 aromatic rings. The molecule has 2 N–H and O–H groups in total. The second-order valence-corrected chi connectivity index (χ2v) is 5.51. The van der Waals surface area contributed by atoms with Crippen molar-refractivity contribution in [3.05, 3.63) is 77.9 Å². The van der Waals surface area contributed by atoms with Crippen molar-refractivity contribution in [2.24, 2.45) is 0 Å². The molecule has 3 rings (SSSR count). The summed E-state index contributed by atoms with van der Waals surface area (Å²) >= 11 is 0. The van der Waals surface area contributed by atoms with Gasteiger partial charge in [-0.25, -0.2) is 9.97 Å². The van der Waals surface area contributed by atoms with Crippen LogP contribution in [0.5, 0.6) is 0 Å². The Labute approximate surface area is 146 Å². The van der Waals surface area contributed by atoms with Crippen LogP contribution < -0.4 is 10.6 Å². The second kappa shape index (κ2) is 8.01. The van der Waals surface area contributed by atoms with Crippen LogP contribution in [0, 0.1) is 0 Å². The molecule has 6 nitrogen and oxygen atoms in total. The maximum absolute atomic E-state index is 12.1. The van der Waals surface area contributed by atoms with E-state index in [-0.39, 0.29) is 5.91 Å². The fraction of sp³-hybridized carbons (Fsp3) is 0.158. The molecule has 6 heteroatoms. The predicted octanol–water partition coefficient (Wildman–Crippen LogP) is 3.11. The molecule has 0 radical (unpaired) electrons. The third-order valence-corrected chi connectivity index (χ3v) is 3.71. The number of aryl methyl sites for hydroxylation is 1. The number of nitrogens with zero attached hydrogens (tertiary/aromatic N) is 3. The number of benzene rings is 1. The zero-order chi connectivity index (χ0) is 17.5. The van der Waals surface area contributed by atoms with Crippen LogP contribution in [0.1, 0.15) is 28.4 Å². The molecule has 0 saturated heterocycles. The number of amides is 1. The van der Waals surface area contributed by atoms with Crippen molar-refractivity contribution in [2.45, 2.75) is 19.9 Å². The van der Waals surface area contributed by atoms with Crippen molar-refractivity contribution >= 4 is 17.5 Å². The first-order valence-corrected chi connectivity index (χ1v) is 8.09. The van der Waals surface area contributed by atoms with E-state index in [9.17, 15) is 4.79 Å². The highest BCUT2D eigenvalue weighted by Gasteiger charge is 2.07. The molecule has 2 heterocycles. The molecule has 126 valence electrons. The zero-order valence-corrected chi connectivity index (χ0v) is 13.9. The zero-order valence-electron chi connectivity index (χ0n) is 13.9. The molecule has 2 aromatic heterocycles. The maximum Gasteiger partial charge on any atom is 0.254 e. The number of hydrogen-bond donors (Lipinski definition) is 2. The molecule has 1 aromatic carbocycles. The van der Waals surface area contributed by atoms with Crippen LogP contribution >= 0.6 is 0 Å². The van der Waals surface area contributed by atoms with Gasteiger partial charge in [0.05, 0.1) is 5.56 Å². The minimum absolute atomic E-state index is 0.220. The summed E-state index contributed by atoms with van der Waals surface area (Å²) in [5, 5.41) is 5.93. The van der Waals surface area contributed by atoms with Gasteiger partial charge in [0, 0.05) is 37.0 Å². The highest BCUT2D eigenvalue weighted by Crippen LogP contribution is 2.14. The van der Waals surface area contributed by atoms with E-state index in [0.717, 1.165) is 17.7 Å². The van der Waals surface area contributed by atoms with Crippen molar-refractivity contribution in [2.75, 3.05) is 5.32 Å². The monoisotopic (exact) mass is 333 g/mol. The van der Waals surface area contributed by atoms with Crippen LogP contribution in [0.3, 0.4) is 0 Å². The maximum atomic E-state index is 12.1. The fourth-order valence-corrected chi connectivity index (χ4v) is 2.25. The smallest absolute Gasteiger partial charge is 0.254 e. The summed E-state index contributed by atoms with van der Waals surface area (Å²) in [6, 6.07) is 11.8. The van der Waals surface area contributed by atoms with Crippen LogP contribution in [0.2, 0.25) is 0 Å². The first kappa shape index (κ1) is 16.6. The van der Waals surface area contributed by atoms with Crippen LogP contribution in [0.25, 0.3) is 0 Å². The second-order valence-electron chi connectivity index (χ2n) is 5.51. The van der Waals surface area contributed by atoms with E-state index >= 15 is 0 Å². The standard InChI is InChI=1S/C19H19N5O/c1-2-14-5-7-17(8-6-14)24-19-22-12-16(13-23-19)18(25)21-11-15-4-3-9-20-10-15/h3-10,12-13H,2,11H2,1H3,(H,21,25)(H,22,23,24). The number of carbonyl (C=O) groups excluding carboxylic acids is 1. The number of aromatic nitrogens is 3. The number of carbonyl (C=O) groups is 1. The molecular weight excluding hydrogens is 314 g/mol. The Bertz CT molecular complexity index is 817. The number of anilines is 2. The van der Waals surface area contributed by atoms with Gasteiger partial charge in [-0.2, -0.15) is 0 Å².